The first-order valence-corrected chi connectivity index (χ1v) is 8.86. The van der Waals surface area contributed by atoms with Crippen LogP contribution in [0.3, 0.4) is 0 Å². The van der Waals surface area contributed by atoms with Gasteiger partial charge in [-0.25, -0.2) is 0 Å². The molecule has 2 heterocycles. The average molecular weight is 370 g/mol. The first kappa shape index (κ1) is 17.6. The quantitative estimate of drug-likeness (QED) is 0.736. The Morgan fingerprint density at radius 2 is 1.89 bits per heavy atom. The molecule has 1 amide bonds. The van der Waals surface area contributed by atoms with Gasteiger partial charge in [0.2, 0.25) is 0 Å². The van der Waals surface area contributed by atoms with E-state index in [1.54, 1.807) is 30.3 Å². The fourth-order valence-corrected chi connectivity index (χ4v) is 3.30. The number of aromatic nitrogens is 1. The second-order valence-electron chi connectivity index (χ2n) is 6.39. The van der Waals surface area contributed by atoms with Gasteiger partial charge in [-0.1, -0.05) is 12.1 Å². The number of nitrogens with zero attached hydrogens (tertiary/aromatic N) is 3. The zero-order chi connectivity index (χ0) is 19.5. The van der Waals surface area contributed by atoms with Crippen molar-refractivity contribution in [3.05, 3.63) is 83.7 Å². The molecule has 0 radical (unpaired) electrons. The highest BCUT2D eigenvalue weighted by atomic mass is 16.5. The van der Waals surface area contributed by atoms with Crippen LogP contribution in [0.25, 0.3) is 0 Å². The van der Waals surface area contributed by atoms with Gasteiger partial charge < -0.3 is 10.1 Å². The summed E-state index contributed by atoms with van der Waals surface area (Å²) in [5, 5.41) is 12.2. The van der Waals surface area contributed by atoms with Crippen LogP contribution >= 0.6 is 0 Å². The molecule has 6 nitrogen and oxygen atoms in total. The highest BCUT2D eigenvalue weighted by Crippen LogP contribution is 2.37. The number of carbonyl (C=O) groups is 1. The van der Waals surface area contributed by atoms with Crippen molar-refractivity contribution in [1.82, 2.24) is 4.98 Å². The molecule has 0 spiro atoms. The number of fused-ring (bicyclic) bond motifs is 1. The highest BCUT2D eigenvalue weighted by molar-refractivity contribution is 6.11. The fourth-order valence-electron chi connectivity index (χ4n) is 3.30. The lowest BCUT2D eigenvalue weighted by atomic mass is 10.1. The van der Waals surface area contributed by atoms with Gasteiger partial charge >= 0.3 is 0 Å². The van der Waals surface area contributed by atoms with Gasteiger partial charge in [-0.2, -0.15) is 5.26 Å². The number of nitrogens with one attached hydrogen (secondary N) is 1. The van der Waals surface area contributed by atoms with Crippen molar-refractivity contribution in [2.45, 2.75) is 12.6 Å². The second-order valence-corrected chi connectivity index (χ2v) is 6.39. The first-order valence-electron chi connectivity index (χ1n) is 8.86. The molecule has 0 bridgehead atoms. The maximum Gasteiger partial charge on any atom is 0.262 e. The van der Waals surface area contributed by atoms with Gasteiger partial charge in [-0.3, -0.25) is 14.7 Å². The molecule has 1 aromatic heterocycles. The van der Waals surface area contributed by atoms with E-state index in [2.05, 4.69) is 16.4 Å². The second kappa shape index (κ2) is 7.41. The third-order valence-corrected chi connectivity index (χ3v) is 4.70. The largest absolute Gasteiger partial charge is 0.497 e. The van der Waals surface area contributed by atoms with Gasteiger partial charge in [0, 0.05) is 17.6 Å². The van der Waals surface area contributed by atoms with Crippen LogP contribution in [0.15, 0.2) is 66.9 Å². The summed E-state index contributed by atoms with van der Waals surface area (Å²) >= 11 is 0. The number of nitriles is 1. The monoisotopic (exact) mass is 370 g/mol. The van der Waals surface area contributed by atoms with E-state index in [0.717, 1.165) is 22.7 Å². The lowest BCUT2D eigenvalue weighted by molar-refractivity contribution is 0.0993. The lowest BCUT2D eigenvalue weighted by Gasteiger charge is -2.26. The Morgan fingerprint density at radius 3 is 2.57 bits per heavy atom. The third kappa shape index (κ3) is 3.14. The van der Waals surface area contributed by atoms with E-state index in [4.69, 9.17) is 10.00 Å². The Kier molecular flexibility index (Phi) is 4.65. The normalized spacial score (nSPS) is 15.1. The minimum absolute atomic E-state index is 0.105. The Labute approximate surface area is 163 Å². The summed E-state index contributed by atoms with van der Waals surface area (Å²) in [4.78, 5) is 19.2. The van der Waals surface area contributed by atoms with E-state index >= 15 is 0 Å². The van der Waals surface area contributed by atoms with Crippen molar-refractivity contribution in [2.24, 2.45) is 0 Å². The number of amides is 1. The van der Waals surface area contributed by atoms with Gasteiger partial charge in [0.1, 0.15) is 5.75 Å². The van der Waals surface area contributed by atoms with Gasteiger partial charge in [0.25, 0.3) is 5.91 Å². The number of carbonyl (C=O) groups excluding carboxylic acids is 1. The molecule has 2 aromatic carbocycles. The molecular formula is C22H18N4O2. The third-order valence-electron chi connectivity index (χ3n) is 4.70. The van der Waals surface area contributed by atoms with Gasteiger partial charge in [-0.15, -0.1) is 0 Å². The molecule has 1 aliphatic heterocycles. The standard InChI is InChI=1S/C22H18N4O2/c1-28-18-10-8-17(9-11-18)26-21(20-19(22(26)27)3-2-14-24-20)25-16-6-4-15(5-7-16)12-13-23/h2-11,14,21,25H,12H2,1H3. The van der Waals surface area contributed by atoms with E-state index in [-0.39, 0.29) is 5.91 Å². The Morgan fingerprint density at radius 1 is 1.14 bits per heavy atom. The predicted molar refractivity (Wildman–Crippen MR) is 106 cm³/mol. The van der Waals surface area contributed by atoms with E-state index in [1.165, 1.54) is 0 Å². The minimum Gasteiger partial charge on any atom is -0.497 e. The molecular weight excluding hydrogens is 352 g/mol. The van der Waals surface area contributed by atoms with E-state index in [0.29, 0.717) is 17.7 Å². The average Bonchev–Trinajstić information content (AvgIpc) is 3.02. The van der Waals surface area contributed by atoms with Crippen LogP contribution in [0.1, 0.15) is 27.8 Å². The number of hydrogen-bond acceptors (Lipinski definition) is 5. The van der Waals surface area contributed by atoms with Crippen molar-refractivity contribution < 1.29 is 9.53 Å². The van der Waals surface area contributed by atoms with Crippen molar-refractivity contribution in [1.29, 1.82) is 5.26 Å². The zero-order valence-corrected chi connectivity index (χ0v) is 15.3. The Hall–Kier alpha value is -3.85. The van der Waals surface area contributed by atoms with Crippen molar-refractivity contribution >= 4 is 17.3 Å². The van der Waals surface area contributed by atoms with Gasteiger partial charge in [0.05, 0.1) is 30.9 Å². The molecule has 6 heteroatoms. The number of pyridine rings is 1. The van der Waals surface area contributed by atoms with Crippen LogP contribution < -0.4 is 15.0 Å². The molecule has 4 rings (SSSR count). The lowest BCUT2D eigenvalue weighted by Crippen LogP contribution is -2.32. The number of benzene rings is 2. The first-order chi connectivity index (χ1) is 13.7. The van der Waals surface area contributed by atoms with Crippen LogP contribution in [0, 0.1) is 11.3 Å². The van der Waals surface area contributed by atoms with Gasteiger partial charge in [0.15, 0.2) is 6.17 Å². The molecule has 138 valence electrons. The molecule has 1 N–H and O–H groups in total. The Balaban J connectivity index is 1.70. The highest BCUT2D eigenvalue weighted by Gasteiger charge is 2.38. The summed E-state index contributed by atoms with van der Waals surface area (Å²) in [6.45, 7) is 0. The van der Waals surface area contributed by atoms with Gasteiger partial charge in [-0.05, 0) is 54.1 Å². The van der Waals surface area contributed by atoms with Crippen LogP contribution in [0.2, 0.25) is 0 Å². The van der Waals surface area contributed by atoms with Crippen LogP contribution in [-0.4, -0.2) is 18.0 Å². The van der Waals surface area contributed by atoms with Crippen molar-refractivity contribution in [3.8, 4) is 11.8 Å². The maximum atomic E-state index is 13.1. The maximum absolute atomic E-state index is 13.1. The molecule has 28 heavy (non-hydrogen) atoms. The molecule has 1 aliphatic rings. The molecule has 0 saturated carbocycles. The zero-order valence-electron chi connectivity index (χ0n) is 15.3. The number of hydrogen-bond donors (Lipinski definition) is 1. The summed E-state index contributed by atoms with van der Waals surface area (Å²) in [6.07, 6.45) is 1.62. The minimum atomic E-state index is -0.432. The van der Waals surface area contributed by atoms with Crippen LogP contribution in [-0.2, 0) is 6.42 Å². The molecule has 0 aliphatic carbocycles. The molecule has 3 aromatic rings. The summed E-state index contributed by atoms with van der Waals surface area (Å²) < 4.78 is 5.22. The Bertz CT molecular complexity index is 1040. The molecule has 1 atom stereocenters. The van der Waals surface area contributed by atoms with E-state index in [1.807, 2.05) is 48.5 Å². The SMILES string of the molecule is COc1ccc(N2C(=O)c3cccnc3C2Nc2ccc(CC#N)cc2)cc1. The molecule has 1 unspecified atom stereocenters. The van der Waals surface area contributed by atoms with Crippen molar-refractivity contribution in [3.63, 3.8) is 0 Å². The van der Waals surface area contributed by atoms with Crippen LogP contribution in [0.4, 0.5) is 11.4 Å². The number of anilines is 2. The fraction of sp³-hybridized carbons (Fsp3) is 0.136. The summed E-state index contributed by atoms with van der Waals surface area (Å²) in [5.74, 6) is 0.621. The summed E-state index contributed by atoms with van der Waals surface area (Å²) in [5.41, 5.74) is 3.81. The van der Waals surface area contributed by atoms with Crippen LogP contribution in [0.5, 0.6) is 5.75 Å². The van der Waals surface area contributed by atoms with Crippen molar-refractivity contribution in [2.75, 3.05) is 17.3 Å². The number of methoxy groups -OCH3 is 1. The van der Waals surface area contributed by atoms with E-state index < -0.39 is 6.17 Å². The number of ether oxygens (including phenoxy) is 1. The van der Waals surface area contributed by atoms with E-state index in [9.17, 15) is 4.79 Å². The number of rotatable bonds is 5. The molecule has 0 saturated heterocycles. The topological polar surface area (TPSA) is 78.2 Å². The summed E-state index contributed by atoms with van der Waals surface area (Å²) in [6, 6.07) is 20.7. The predicted octanol–water partition coefficient (Wildman–Crippen LogP) is 3.93. The smallest absolute Gasteiger partial charge is 0.262 e. The summed E-state index contributed by atoms with van der Waals surface area (Å²) in [7, 11) is 1.61. The molecule has 0 fully saturated rings.